The molecule has 0 unspecified atom stereocenters. The highest BCUT2D eigenvalue weighted by Gasteiger charge is 2.20. The van der Waals surface area contributed by atoms with E-state index < -0.39 is 0 Å². The van der Waals surface area contributed by atoms with Crippen molar-refractivity contribution in [3.63, 3.8) is 0 Å². The molecule has 0 atom stereocenters. The van der Waals surface area contributed by atoms with Crippen LogP contribution < -0.4 is 0 Å². The lowest BCUT2D eigenvalue weighted by molar-refractivity contribution is 0.248. The molecule has 1 aromatic heterocycles. The molecule has 2 aromatic rings. The summed E-state index contributed by atoms with van der Waals surface area (Å²) in [5.74, 6) is 0. The number of hydrogen-bond acceptors (Lipinski definition) is 1. The molecule has 0 saturated carbocycles. The van der Waals surface area contributed by atoms with Gasteiger partial charge in [-0.3, -0.25) is 4.90 Å². The highest BCUT2D eigenvalue weighted by atomic mass is 15.1. The molecule has 23 heavy (non-hydrogen) atoms. The van der Waals surface area contributed by atoms with Gasteiger partial charge in [0.15, 0.2) is 0 Å². The van der Waals surface area contributed by atoms with Crippen LogP contribution in [-0.4, -0.2) is 23.0 Å². The van der Waals surface area contributed by atoms with Crippen molar-refractivity contribution in [2.45, 2.75) is 59.9 Å². The summed E-state index contributed by atoms with van der Waals surface area (Å²) in [5.41, 5.74) is 6.62. The molecule has 0 bridgehead atoms. The highest BCUT2D eigenvalue weighted by Crippen LogP contribution is 2.29. The van der Waals surface area contributed by atoms with E-state index in [1.165, 1.54) is 66.5 Å². The van der Waals surface area contributed by atoms with Gasteiger partial charge in [0.2, 0.25) is 0 Å². The van der Waals surface area contributed by atoms with Crippen LogP contribution in [0.4, 0.5) is 0 Å². The summed E-state index contributed by atoms with van der Waals surface area (Å²) in [5, 5.41) is 1.40. The minimum Gasteiger partial charge on any atom is -0.357 e. The van der Waals surface area contributed by atoms with Crippen molar-refractivity contribution in [1.82, 2.24) is 9.88 Å². The van der Waals surface area contributed by atoms with Gasteiger partial charge in [0.25, 0.3) is 0 Å². The molecule has 126 valence electrons. The molecule has 2 nitrogen and oxygen atoms in total. The first kappa shape index (κ1) is 17.8. The van der Waals surface area contributed by atoms with Crippen LogP contribution in [0.15, 0.2) is 24.8 Å². The molecule has 1 aromatic carbocycles. The lowest BCUT2D eigenvalue weighted by Gasteiger charge is -2.26. The molecule has 2 heterocycles. The Hall–Kier alpha value is -1.54. The fourth-order valence-corrected chi connectivity index (χ4v) is 3.13. The summed E-state index contributed by atoms with van der Waals surface area (Å²) in [6.07, 6.45) is 4.99. The van der Waals surface area contributed by atoms with Crippen LogP contribution in [0.3, 0.4) is 0 Å². The molecule has 2 heteroatoms. The van der Waals surface area contributed by atoms with Crippen molar-refractivity contribution < 1.29 is 0 Å². The number of rotatable bonds is 4. The zero-order chi connectivity index (χ0) is 16.8. The third-order valence-corrected chi connectivity index (χ3v) is 4.37. The monoisotopic (exact) mass is 312 g/mol. The molecular weight excluding hydrogens is 280 g/mol. The number of hydrogen-bond donors (Lipinski definition) is 1. The summed E-state index contributed by atoms with van der Waals surface area (Å²) in [7, 11) is 0. The van der Waals surface area contributed by atoms with E-state index in [4.69, 9.17) is 0 Å². The number of nitrogens with zero attached hydrogens (tertiary/aromatic N) is 1. The molecule has 0 aliphatic carbocycles. The van der Waals surface area contributed by atoms with Gasteiger partial charge in [-0.1, -0.05) is 51.8 Å². The van der Waals surface area contributed by atoms with Crippen molar-refractivity contribution >= 4 is 16.5 Å². The van der Waals surface area contributed by atoms with E-state index in [0.717, 1.165) is 12.1 Å². The predicted molar refractivity (Wildman–Crippen MR) is 103 cm³/mol. The van der Waals surface area contributed by atoms with E-state index in [-0.39, 0.29) is 0 Å². The first-order valence-corrected chi connectivity index (χ1v) is 9.12. The van der Waals surface area contributed by atoms with Gasteiger partial charge in [0.1, 0.15) is 0 Å². The van der Waals surface area contributed by atoms with Crippen LogP contribution in [0.2, 0.25) is 0 Å². The Bertz CT molecular complexity index is 651. The number of H-pyrrole nitrogens is 1. The van der Waals surface area contributed by atoms with Crippen LogP contribution in [0, 0.1) is 0 Å². The van der Waals surface area contributed by atoms with Crippen LogP contribution in [0.25, 0.3) is 16.5 Å². The van der Waals surface area contributed by atoms with Crippen LogP contribution in [0.5, 0.6) is 0 Å². The Kier molecular flexibility index (Phi) is 6.47. The van der Waals surface area contributed by atoms with Crippen LogP contribution in [-0.2, 0) is 13.0 Å². The summed E-state index contributed by atoms with van der Waals surface area (Å²) in [4.78, 5) is 6.19. The smallest absolute Gasteiger partial charge is 0.0459 e. The van der Waals surface area contributed by atoms with Crippen LogP contribution in [0.1, 0.15) is 63.8 Å². The van der Waals surface area contributed by atoms with Gasteiger partial charge in [0.05, 0.1) is 0 Å². The average Bonchev–Trinajstić information content (AvgIpc) is 2.90. The van der Waals surface area contributed by atoms with E-state index in [9.17, 15) is 0 Å². The van der Waals surface area contributed by atoms with E-state index >= 15 is 0 Å². The normalized spacial score (nSPS) is 14.3. The van der Waals surface area contributed by atoms with Crippen molar-refractivity contribution in [1.29, 1.82) is 0 Å². The number of aromatic nitrogens is 1. The molecule has 1 N–H and O–H groups in total. The fraction of sp³-hybridized carbons (Fsp3) is 0.524. The fourth-order valence-electron chi connectivity index (χ4n) is 3.13. The quantitative estimate of drug-likeness (QED) is 0.758. The molecule has 0 amide bonds. The topological polar surface area (TPSA) is 19.0 Å². The van der Waals surface area contributed by atoms with Gasteiger partial charge in [0, 0.05) is 29.7 Å². The van der Waals surface area contributed by atoms with E-state index in [2.05, 4.69) is 62.4 Å². The first-order chi connectivity index (χ1) is 11.1. The van der Waals surface area contributed by atoms with Gasteiger partial charge in [-0.2, -0.15) is 0 Å². The number of aromatic amines is 1. The second-order valence-electron chi connectivity index (χ2n) is 6.71. The molecule has 0 fully saturated rings. The number of allylic oxidation sites excluding steroid dienone is 1. The second-order valence-corrected chi connectivity index (χ2v) is 6.71. The lowest BCUT2D eigenvalue weighted by atomic mass is 10.00. The van der Waals surface area contributed by atoms with E-state index in [0.29, 0.717) is 0 Å². The molecule has 0 saturated heterocycles. The summed E-state index contributed by atoms with van der Waals surface area (Å²) >= 11 is 0. The third-order valence-electron chi connectivity index (χ3n) is 4.37. The molecular formula is C21H32N2. The Balaban J connectivity index is 0.000000595. The molecule has 3 rings (SSSR count). The Labute approximate surface area is 141 Å². The second kappa shape index (κ2) is 8.35. The van der Waals surface area contributed by atoms with Gasteiger partial charge in [-0.15, -0.1) is 0 Å². The minimum absolute atomic E-state index is 1.08. The predicted octanol–water partition coefficient (Wildman–Crippen LogP) is 5.78. The summed E-state index contributed by atoms with van der Waals surface area (Å²) in [6, 6.07) is 6.67. The Morgan fingerprint density at radius 2 is 2.00 bits per heavy atom. The minimum atomic E-state index is 1.08. The Morgan fingerprint density at radius 1 is 1.26 bits per heavy atom. The van der Waals surface area contributed by atoms with Gasteiger partial charge >= 0.3 is 0 Å². The average molecular weight is 313 g/mol. The molecule has 1 aliphatic rings. The van der Waals surface area contributed by atoms with Crippen molar-refractivity contribution in [2.24, 2.45) is 0 Å². The molecule has 0 radical (unpaired) electrons. The highest BCUT2D eigenvalue weighted by molar-refractivity contribution is 5.88. The van der Waals surface area contributed by atoms with Gasteiger partial charge < -0.3 is 4.98 Å². The van der Waals surface area contributed by atoms with Crippen molar-refractivity contribution in [2.75, 3.05) is 13.1 Å². The van der Waals surface area contributed by atoms with E-state index in [1.54, 1.807) is 0 Å². The number of benzene rings is 1. The standard InChI is InChI=1S/C18H24N2.C3H8/c1-4-5-9-20-10-8-15-16-11-14(13(2)3)6-7-17(16)19-18(15)12-20;1-3-2/h6-7,11,19H,2,4-5,8-10,12H2,1,3H3;3H2,1-2H3. The Morgan fingerprint density at radius 3 is 2.65 bits per heavy atom. The number of nitrogens with one attached hydrogen (secondary N) is 1. The third kappa shape index (κ3) is 4.26. The van der Waals surface area contributed by atoms with Crippen molar-refractivity contribution in [3.8, 4) is 0 Å². The van der Waals surface area contributed by atoms with Gasteiger partial charge in [-0.25, -0.2) is 0 Å². The van der Waals surface area contributed by atoms with Crippen molar-refractivity contribution in [3.05, 3.63) is 41.6 Å². The van der Waals surface area contributed by atoms with Crippen LogP contribution >= 0.6 is 0 Å². The SMILES string of the molecule is C=C(C)c1ccc2[nH]c3c(c2c1)CCN(CCCC)C3.CCC. The maximum atomic E-state index is 4.06. The molecule has 1 aliphatic heterocycles. The maximum absolute atomic E-state index is 4.06. The summed E-state index contributed by atoms with van der Waals surface area (Å²) in [6.45, 7) is 16.1. The van der Waals surface area contributed by atoms with Gasteiger partial charge in [-0.05, 0) is 49.6 Å². The zero-order valence-corrected chi connectivity index (χ0v) is 15.3. The summed E-state index contributed by atoms with van der Waals surface area (Å²) < 4.78 is 0. The largest absolute Gasteiger partial charge is 0.357 e. The van der Waals surface area contributed by atoms with E-state index in [1.807, 2.05) is 0 Å². The maximum Gasteiger partial charge on any atom is 0.0459 e. The zero-order valence-electron chi connectivity index (χ0n) is 15.3. The number of unbranched alkanes of at least 4 members (excludes halogenated alkanes) is 1. The molecule has 0 spiro atoms. The number of fused-ring (bicyclic) bond motifs is 3. The first-order valence-electron chi connectivity index (χ1n) is 9.12. The lowest BCUT2D eigenvalue weighted by Crippen LogP contribution is -2.31.